The first kappa shape index (κ1) is 15.7. The van der Waals surface area contributed by atoms with E-state index in [1.165, 1.54) is 0 Å². The molecule has 2 nitrogen and oxygen atoms in total. The second-order valence-electron chi connectivity index (χ2n) is 4.68. The predicted octanol–water partition coefficient (Wildman–Crippen LogP) is 6.07. The van der Waals surface area contributed by atoms with Crippen LogP contribution < -0.4 is 0 Å². The summed E-state index contributed by atoms with van der Waals surface area (Å²) in [5, 5.41) is 1.70. The van der Waals surface area contributed by atoms with Crippen LogP contribution in [0.25, 0.3) is 16.9 Å². The van der Waals surface area contributed by atoms with Gasteiger partial charge in [0, 0.05) is 20.7 Å². The molecule has 0 bridgehead atoms. The molecule has 0 amide bonds. The van der Waals surface area contributed by atoms with Crippen LogP contribution in [0.3, 0.4) is 0 Å². The molecule has 112 valence electrons. The Balaban J connectivity index is 2.17. The van der Waals surface area contributed by atoms with Crippen LogP contribution in [0.5, 0.6) is 0 Å². The summed E-state index contributed by atoms with van der Waals surface area (Å²) in [4.78, 5) is 4.58. The molecule has 0 aliphatic rings. The lowest BCUT2D eigenvalue weighted by atomic mass is 10.1. The van der Waals surface area contributed by atoms with Crippen molar-refractivity contribution in [1.29, 1.82) is 0 Å². The molecule has 3 rings (SSSR count). The topological polar surface area (TPSA) is 17.8 Å². The highest BCUT2D eigenvalue weighted by Gasteiger charge is 2.13. The van der Waals surface area contributed by atoms with Crippen LogP contribution in [0.15, 0.2) is 64.4 Å². The molecule has 0 aliphatic heterocycles. The Morgan fingerprint density at radius 1 is 1.18 bits per heavy atom. The Kier molecular flexibility index (Phi) is 4.91. The van der Waals surface area contributed by atoms with Gasteiger partial charge in [0.2, 0.25) is 0 Å². The van der Waals surface area contributed by atoms with Gasteiger partial charge in [-0.15, -0.1) is 0 Å². The quantitative estimate of drug-likeness (QED) is 0.501. The lowest BCUT2D eigenvalue weighted by Crippen LogP contribution is -1.99. The molecular weight excluding hydrogens is 380 g/mol. The summed E-state index contributed by atoms with van der Waals surface area (Å²) < 4.78 is 3.22. The summed E-state index contributed by atoms with van der Waals surface area (Å²) in [6.07, 6.45) is 1.92. The van der Waals surface area contributed by atoms with Crippen LogP contribution in [-0.2, 0) is 0 Å². The summed E-state index contributed by atoms with van der Waals surface area (Å²) in [6, 6.07) is 16.1. The van der Waals surface area contributed by atoms with Crippen molar-refractivity contribution in [1.82, 2.24) is 9.55 Å². The maximum atomic E-state index is 6.16. The molecule has 0 fully saturated rings. The van der Waals surface area contributed by atoms with Crippen molar-refractivity contribution in [3.05, 3.63) is 64.2 Å². The van der Waals surface area contributed by atoms with Crippen molar-refractivity contribution in [2.45, 2.75) is 12.1 Å². The third-order valence-electron chi connectivity index (χ3n) is 3.21. The monoisotopic (exact) mass is 392 g/mol. The molecule has 1 aromatic heterocycles. The van der Waals surface area contributed by atoms with Gasteiger partial charge in [-0.2, -0.15) is 0 Å². The van der Waals surface area contributed by atoms with Gasteiger partial charge in [-0.3, -0.25) is 4.57 Å². The molecule has 22 heavy (non-hydrogen) atoms. The standard InChI is InChI=1S/C17H14BrClN2S/c1-2-22-17-20-11-16(12-6-8-13(18)9-7-12)21(17)15-5-3-4-14(19)10-15/h3-11H,2H2,1H3. The zero-order valence-electron chi connectivity index (χ0n) is 12.0. The van der Waals surface area contributed by atoms with Crippen LogP contribution >= 0.6 is 39.3 Å². The first-order valence-electron chi connectivity index (χ1n) is 6.91. The molecule has 0 unspecified atom stereocenters. The van der Waals surface area contributed by atoms with Gasteiger partial charge in [-0.25, -0.2) is 4.98 Å². The van der Waals surface area contributed by atoms with E-state index in [1.807, 2.05) is 36.5 Å². The Hall–Kier alpha value is -1.23. The third-order valence-corrected chi connectivity index (χ3v) is 4.81. The Labute approximate surface area is 147 Å². The smallest absolute Gasteiger partial charge is 0.173 e. The van der Waals surface area contributed by atoms with Gasteiger partial charge >= 0.3 is 0 Å². The minimum Gasteiger partial charge on any atom is -0.287 e. The van der Waals surface area contributed by atoms with Crippen LogP contribution in [0, 0.1) is 0 Å². The van der Waals surface area contributed by atoms with E-state index in [0.717, 1.165) is 37.3 Å². The lowest BCUT2D eigenvalue weighted by Gasteiger charge is -2.12. The summed E-state index contributed by atoms with van der Waals surface area (Å²) in [5.74, 6) is 0.970. The maximum absolute atomic E-state index is 6.16. The van der Waals surface area contributed by atoms with Crippen LogP contribution in [0.4, 0.5) is 0 Å². The summed E-state index contributed by atoms with van der Waals surface area (Å²) in [7, 11) is 0. The number of hydrogen-bond acceptors (Lipinski definition) is 2. The maximum Gasteiger partial charge on any atom is 0.173 e. The van der Waals surface area contributed by atoms with E-state index in [-0.39, 0.29) is 0 Å². The molecule has 3 aromatic rings. The molecule has 0 aliphatic carbocycles. The van der Waals surface area contributed by atoms with E-state index in [1.54, 1.807) is 11.8 Å². The number of benzene rings is 2. The SMILES string of the molecule is CCSc1ncc(-c2ccc(Br)cc2)n1-c1cccc(Cl)c1. The third kappa shape index (κ3) is 3.24. The zero-order chi connectivity index (χ0) is 15.5. The van der Waals surface area contributed by atoms with Gasteiger partial charge in [0.1, 0.15) is 0 Å². The molecule has 0 N–H and O–H groups in total. The van der Waals surface area contributed by atoms with Gasteiger partial charge in [-0.1, -0.05) is 64.4 Å². The Morgan fingerprint density at radius 2 is 1.95 bits per heavy atom. The van der Waals surface area contributed by atoms with Gasteiger partial charge < -0.3 is 0 Å². The molecule has 5 heteroatoms. The van der Waals surface area contributed by atoms with Crippen LogP contribution in [0.1, 0.15) is 6.92 Å². The normalized spacial score (nSPS) is 10.9. The molecule has 0 saturated carbocycles. The van der Waals surface area contributed by atoms with Crippen molar-refractivity contribution in [2.75, 3.05) is 5.75 Å². The van der Waals surface area contributed by atoms with E-state index in [9.17, 15) is 0 Å². The van der Waals surface area contributed by atoms with Gasteiger partial charge in [-0.05, 0) is 36.1 Å². The zero-order valence-corrected chi connectivity index (χ0v) is 15.1. The van der Waals surface area contributed by atoms with Gasteiger partial charge in [0.15, 0.2) is 5.16 Å². The number of hydrogen-bond donors (Lipinski definition) is 0. The molecule has 0 saturated heterocycles. The second-order valence-corrected chi connectivity index (χ2v) is 7.26. The van der Waals surface area contributed by atoms with E-state index in [4.69, 9.17) is 11.6 Å². The van der Waals surface area contributed by atoms with E-state index in [0.29, 0.717) is 0 Å². The molecule has 0 radical (unpaired) electrons. The largest absolute Gasteiger partial charge is 0.287 e. The Morgan fingerprint density at radius 3 is 2.64 bits per heavy atom. The van der Waals surface area contributed by atoms with Crippen LogP contribution in [-0.4, -0.2) is 15.3 Å². The van der Waals surface area contributed by atoms with E-state index in [2.05, 4.69) is 50.6 Å². The lowest BCUT2D eigenvalue weighted by molar-refractivity contribution is 0.901. The second kappa shape index (κ2) is 6.90. The predicted molar refractivity (Wildman–Crippen MR) is 98.1 cm³/mol. The number of aromatic nitrogens is 2. The first-order valence-corrected chi connectivity index (χ1v) is 9.07. The van der Waals surface area contributed by atoms with Gasteiger partial charge in [0.05, 0.1) is 11.9 Å². The van der Waals surface area contributed by atoms with Crippen molar-refractivity contribution in [3.63, 3.8) is 0 Å². The van der Waals surface area contributed by atoms with Crippen molar-refractivity contribution in [3.8, 4) is 16.9 Å². The number of halogens is 2. The first-order chi connectivity index (χ1) is 10.7. The minimum atomic E-state index is 0.723. The molecule has 0 spiro atoms. The fraction of sp³-hybridized carbons (Fsp3) is 0.118. The van der Waals surface area contributed by atoms with E-state index < -0.39 is 0 Å². The fourth-order valence-electron chi connectivity index (χ4n) is 2.25. The highest BCUT2D eigenvalue weighted by atomic mass is 79.9. The molecule has 1 heterocycles. The summed E-state index contributed by atoms with van der Waals surface area (Å²) in [6.45, 7) is 2.13. The summed E-state index contributed by atoms with van der Waals surface area (Å²) >= 11 is 11.4. The van der Waals surface area contributed by atoms with Crippen molar-refractivity contribution >= 4 is 39.3 Å². The molecular formula is C17H14BrClN2S. The number of thioether (sulfide) groups is 1. The van der Waals surface area contributed by atoms with E-state index >= 15 is 0 Å². The van der Waals surface area contributed by atoms with Crippen LogP contribution in [0.2, 0.25) is 5.02 Å². The molecule has 2 aromatic carbocycles. The van der Waals surface area contributed by atoms with Gasteiger partial charge in [0.25, 0.3) is 0 Å². The highest BCUT2D eigenvalue weighted by molar-refractivity contribution is 9.10. The Bertz CT molecular complexity index is 784. The molecule has 0 atom stereocenters. The average Bonchev–Trinajstić information content (AvgIpc) is 2.92. The van der Waals surface area contributed by atoms with Crippen molar-refractivity contribution in [2.24, 2.45) is 0 Å². The number of rotatable bonds is 4. The number of imidazole rings is 1. The minimum absolute atomic E-state index is 0.723. The average molecular weight is 394 g/mol. The van der Waals surface area contributed by atoms with Crippen molar-refractivity contribution < 1.29 is 0 Å². The highest BCUT2D eigenvalue weighted by Crippen LogP contribution is 2.31. The summed E-state index contributed by atoms with van der Waals surface area (Å²) in [5.41, 5.74) is 3.21. The number of nitrogens with zero attached hydrogens (tertiary/aromatic N) is 2. The fourth-order valence-corrected chi connectivity index (χ4v) is 3.42.